The van der Waals surface area contributed by atoms with Crippen LogP contribution in [0.1, 0.15) is 33.4 Å². The molecule has 0 bridgehead atoms. The minimum Gasteiger partial charge on any atom is -0.244 e. The van der Waals surface area contributed by atoms with Crippen LogP contribution in [-0.2, 0) is 0 Å². The van der Waals surface area contributed by atoms with E-state index in [0.717, 1.165) is 22.3 Å². The van der Waals surface area contributed by atoms with Gasteiger partial charge in [-0.3, -0.25) is 0 Å². The van der Waals surface area contributed by atoms with Crippen LogP contribution >= 0.6 is 0 Å². The summed E-state index contributed by atoms with van der Waals surface area (Å²) in [5.41, 5.74) is 24.7. The van der Waals surface area contributed by atoms with E-state index < -0.39 is 0 Å². The average molecular weight is 1340 g/mol. The first kappa shape index (κ1) is 69.5. The summed E-state index contributed by atoms with van der Waals surface area (Å²) >= 11 is 0. The Morgan fingerprint density at radius 2 is 0.471 bits per heavy atom. The number of hydrogen-bond acceptors (Lipinski definition) is 4. The van der Waals surface area contributed by atoms with Crippen molar-refractivity contribution in [3.8, 4) is 77.9 Å². The van der Waals surface area contributed by atoms with E-state index in [0.29, 0.717) is 0 Å². The van der Waals surface area contributed by atoms with Gasteiger partial charge < -0.3 is 0 Å². The molecule has 0 fully saturated rings. The minimum atomic E-state index is 1.00. The highest BCUT2D eigenvalue weighted by Gasteiger charge is 2.10. The van der Waals surface area contributed by atoms with E-state index in [1.807, 2.05) is 30.9 Å². The van der Waals surface area contributed by atoms with Crippen molar-refractivity contribution in [1.29, 1.82) is 0 Å². The van der Waals surface area contributed by atoms with E-state index in [-0.39, 0.29) is 0 Å². The van der Waals surface area contributed by atoms with E-state index in [2.05, 4.69) is 407 Å². The van der Waals surface area contributed by atoms with Crippen LogP contribution in [-0.4, -0.2) is 19.9 Å². The van der Waals surface area contributed by atoms with Gasteiger partial charge in [-0.2, -0.15) is 0 Å². The summed E-state index contributed by atoms with van der Waals surface area (Å²) in [6.07, 6.45) is 10.3. The zero-order valence-electron chi connectivity index (χ0n) is 59.7. The first-order valence-electron chi connectivity index (χ1n) is 35.4. The lowest BCUT2D eigenvalue weighted by Gasteiger charge is -2.11. The molecule has 0 N–H and O–H groups in total. The zero-order valence-corrected chi connectivity index (χ0v) is 59.7. The molecule has 0 spiro atoms. The number of benzene rings is 16. The molecular weight excluding hydrogens is 1260 g/mol. The van der Waals surface area contributed by atoms with Crippen LogP contribution < -0.4 is 0 Å². The summed E-state index contributed by atoms with van der Waals surface area (Å²) in [5, 5.41) is 13.1. The lowest BCUT2D eigenvalue weighted by molar-refractivity contribution is 1.17. The molecule has 502 valence electrons. The van der Waals surface area contributed by atoms with Gasteiger partial charge in [0.25, 0.3) is 0 Å². The smallest absolute Gasteiger partial charge is 0.115 e. The maximum Gasteiger partial charge on any atom is 0.115 e. The zero-order chi connectivity index (χ0) is 71.4. The van der Waals surface area contributed by atoms with E-state index in [1.165, 1.54) is 156 Å². The standard InChI is InChI=1S/2C23H18.C17H14.C15H12N4.2C11H10/c1-17-14-20(18-8-3-2-4-9-18)16-21(15-17)23-13-7-11-19-10-5-6-12-22(19)23;1-17-13-22(18-7-3-2-4-8-18)16-23(14-17)21-12-11-19-9-5-6-10-20(19)15-21;1-13-7-8-17-12-16(10-9-15(17)11-13)14-5-3-2-4-6-14;1-11-2-12(14-5-16-9-17-6-14)4-13(3-11)15-7-18-10-19-8-15;1-9-5-4-7-10-6-2-3-8-11(9)10;1-9-6-7-10-4-2-3-5-11(10)8-9/h2*2-16H,1H3;2-12H,1H3;2-10H,1H3;2*2-8H,1H3. The lowest BCUT2D eigenvalue weighted by Crippen LogP contribution is -1.87. The van der Waals surface area contributed by atoms with Crippen LogP contribution in [0.25, 0.3) is 132 Å². The molecule has 0 saturated carbocycles. The molecule has 0 aliphatic carbocycles. The van der Waals surface area contributed by atoms with Gasteiger partial charge in [0.2, 0.25) is 0 Å². The molecule has 0 aliphatic heterocycles. The van der Waals surface area contributed by atoms with Crippen molar-refractivity contribution < 1.29 is 0 Å². The van der Waals surface area contributed by atoms with Crippen molar-refractivity contribution in [3.05, 3.63) is 423 Å². The van der Waals surface area contributed by atoms with Crippen molar-refractivity contribution in [1.82, 2.24) is 19.9 Å². The number of rotatable bonds is 7. The van der Waals surface area contributed by atoms with Crippen molar-refractivity contribution in [3.63, 3.8) is 0 Å². The van der Waals surface area contributed by atoms with Crippen LogP contribution in [0.15, 0.2) is 389 Å². The number of nitrogens with zero attached hydrogens (tertiary/aromatic N) is 4. The third-order valence-electron chi connectivity index (χ3n) is 18.4. The molecule has 0 amide bonds. The first-order valence-corrected chi connectivity index (χ1v) is 35.4. The van der Waals surface area contributed by atoms with Gasteiger partial charge in [0.05, 0.1) is 0 Å². The molecule has 18 aromatic rings. The highest BCUT2D eigenvalue weighted by atomic mass is 14.8. The predicted molar refractivity (Wildman–Crippen MR) is 444 cm³/mol. The first-order chi connectivity index (χ1) is 51.0. The second-order valence-corrected chi connectivity index (χ2v) is 26.4. The summed E-state index contributed by atoms with van der Waals surface area (Å²) in [4.78, 5) is 16.2. The molecule has 0 saturated heterocycles. The van der Waals surface area contributed by atoms with Gasteiger partial charge in [0, 0.05) is 35.9 Å². The largest absolute Gasteiger partial charge is 0.244 e. The van der Waals surface area contributed by atoms with Crippen LogP contribution in [0, 0.1) is 41.5 Å². The molecule has 2 aromatic heterocycles. The Kier molecular flexibility index (Phi) is 22.6. The van der Waals surface area contributed by atoms with Gasteiger partial charge in [-0.25, -0.2) is 19.9 Å². The summed E-state index contributed by atoms with van der Waals surface area (Å²) in [5.74, 6) is 0. The van der Waals surface area contributed by atoms with Gasteiger partial charge >= 0.3 is 0 Å². The summed E-state index contributed by atoms with van der Waals surface area (Å²) in [7, 11) is 0. The SMILES string of the molecule is Cc1cc(-c2ccccc2)cc(-c2ccc3ccccc3c2)c1.Cc1cc(-c2ccccc2)cc(-c2cccc3ccccc23)c1.Cc1cc(-c2cncnc2)cc(-c2cncnc2)c1.Cc1ccc2cc(-c3ccccc3)ccc2c1.Cc1ccc2ccccc2c1.Cc1cccc2ccccc12. The van der Waals surface area contributed by atoms with Crippen LogP contribution in [0.3, 0.4) is 0 Å². The molecular formula is C100H82N4. The molecule has 18 rings (SSSR count). The van der Waals surface area contributed by atoms with Crippen molar-refractivity contribution in [2.24, 2.45) is 0 Å². The Balaban J connectivity index is 0.000000113. The molecule has 16 aromatic carbocycles. The Hall–Kier alpha value is -13.0. The predicted octanol–water partition coefficient (Wildman–Crippen LogP) is 27.0. The molecule has 2 heterocycles. The lowest BCUT2D eigenvalue weighted by atomic mass is 9.93. The Labute approximate surface area is 612 Å². The Bertz CT molecular complexity index is 5780. The van der Waals surface area contributed by atoms with E-state index in [9.17, 15) is 0 Å². The molecule has 4 nitrogen and oxygen atoms in total. The van der Waals surface area contributed by atoms with Crippen LogP contribution in [0.2, 0.25) is 0 Å². The number of fused-ring (bicyclic) bond motifs is 5. The second-order valence-electron chi connectivity index (χ2n) is 26.4. The third-order valence-corrected chi connectivity index (χ3v) is 18.4. The summed E-state index contributed by atoms with van der Waals surface area (Å²) in [6.45, 7) is 12.8. The van der Waals surface area contributed by atoms with Crippen LogP contribution in [0.5, 0.6) is 0 Å². The van der Waals surface area contributed by atoms with Crippen LogP contribution in [0.4, 0.5) is 0 Å². The highest BCUT2D eigenvalue weighted by molar-refractivity contribution is 5.98. The summed E-state index contributed by atoms with van der Waals surface area (Å²) < 4.78 is 0. The fraction of sp³-hybridized carbons (Fsp3) is 0.0600. The Morgan fingerprint density at radius 3 is 0.962 bits per heavy atom. The van der Waals surface area contributed by atoms with Gasteiger partial charge in [-0.15, -0.1) is 0 Å². The highest BCUT2D eigenvalue weighted by Crippen LogP contribution is 2.35. The van der Waals surface area contributed by atoms with Gasteiger partial charge in [0.15, 0.2) is 0 Å². The van der Waals surface area contributed by atoms with Crippen molar-refractivity contribution >= 4 is 53.9 Å². The van der Waals surface area contributed by atoms with Gasteiger partial charge in [0.1, 0.15) is 12.7 Å². The molecule has 0 aliphatic rings. The fourth-order valence-corrected chi connectivity index (χ4v) is 13.2. The topological polar surface area (TPSA) is 51.6 Å². The monoisotopic (exact) mass is 1340 g/mol. The number of aryl methyl sites for hydroxylation is 6. The summed E-state index contributed by atoms with van der Waals surface area (Å²) in [6, 6.07) is 125. The number of aromatic nitrogens is 4. The van der Waals surface area contributed by atoms with Crippen molar-refractivity contribution in [2.45, 2.75) is 41.5 Å². The van der Waals surface area contributed by atoms with E-state index >= 15 is 0 Å². The van der Waals surface area contributed by atoms with Gasteiger partial charge in [-0.1, -0.05) is 333 Å². The molecule has 4 heteroatoms. The van der Waals surface area contributed by atoms with Crippen molar-refractivity contribution in [2.75, 3.05) is 0 Å². The quantitative estimate of drug-likeness (QED) is 0.160. The maximum atomic E-state index is 4.06. The van der Waals surface area contributed by atoms with Gasteiger partial charge in [-0.05, 0) is 215 Å². The fourth-order valence-electron chi connectivity index (χ4n) is 13.2. The number of hydrogen-bond donors (Lipinski definition) is 0. The van der Waals surface area contributed by atoms with E-state index in [1.54, 1.807) is 0 Å². The second kappa shape index (κ2) is 33.9. The molecule has 104 heavy (non-hydrogen) atoms. The minimum absolute atomic E-state index is 1.00. The molecule has 0 unspecified atom stereocenters. The normalized spacial score (nSPS) is 10.6. The Morgan fingerprint density at radius 1 is 0.163 bits per heavy atom. The molecule has 0 radical (unpaired) electrons. The molecule has 0 atom stereocenters. The van der Waals surface area contributed by atoms with E-state index in [4.69, 9.17) is 0 Å². The average Bonchev–Trinajstić information content (AvgIpc) is 0.836. The third kappa shape index (κ3) is 18.1. The maximum absolute atomic E-state index is 4.06.